The molecular weight excluding hydrogens is 318 g/mol. The smallest absolute Gasteiger partial charge is 0.319 e. The normalized spacial score (nSPS) is 11.6. The van der Waals surface area contributed by atoms with Crippen molar-refractivity contribution < 1.29 is 9.59 Å². The fourth-order valence-electron chi connectivity index (χ4n) is 2.37. The molecule has 0 bridgehead atoms. The number of anilines is 1. The Morgan fingerprint density at radius 2 is 2.04 bits per heavy atom. The number of benzene rings is 1. The highest BCUT2D eigenvalue weighted by atomic mass is 16.2. The number of carbonyl (C=O) groups excluding carboxylic acids is 2. The Hall–Kier alpha value is -2.83. The highest BCUT2D eigenvalue weighted by molar-refractivity contribution is 5.90. The van der Waals surface area contributed by atoms with Crippen LogP contribution in [0.4, 0.5) is 10.5 Å². The number of amides is 3. The van der Waals surface area contributed by atoms with Crippen LogP contribution in [-0.4, -0.2) is 47.0 Å². The zero-order valence-electron chi connectivity index (χ0n) is 14.9. The van der Waals surface area contributed by atoms with Crippen LogP contribution in [0.2, 0.25) is 0 Å². The van der Waals surface area contributed by atoms with Crippen molar-refractivity contribution in [1.82, 2.24) is 19.8 Å². The van der Waals surface area contributed by atoms with Crippen molar-refractivity contribution in [3.63, 3.8) is 0 Å². The molecule has 2 N–H and O–H groups in total. The maximum atomic E-state index is 12.2. The van der Waals surface area contributed by atoms with Crippen LogP contribution < -0.4 is 10.6 Å². The van der Waals surface area contributed by atoms with Gasteiger partial charge in [0, 0.05) is 51.2 Å². The molecule has 7 heteroatoms. The lowest BCUT2D eigenvalue weighted by molar-refractivity contribution is -0.128. The molecule has 0 saturated heterocycles. The topological polar surface area (TPSA) is 79.3 Å². The number of aryl methyl sites for hydroxylation is 1. The van der Waals surface area contributed by atoms with Crippen LogP contribution in [0.1, 0.15) is 24.9 Å². The molecule has 0 fully saturated rings. The minimum atomic E-state index is -0.265. The Morgan fingerprint density at radius 3 is 2.72 bits per heavy atom. The molecule has 0 aliphatic carbocycles. The van der Waals surface area contributed by atoms with Crippen molar-refractivity contribution in [2.45, 2.75) is 25.8 Å². The van der Waals surface area contributed by atoms with E-state index in [1.807, 2.05) is 42.0 Å². The van der Waals surface area contributed by atoms with Crippen LogP contribution in [0.15, 0.2) is 43.0 Å². The Kier molecular flexibility index (Phi) is 6.56. The fraction of sp³-hybridized carbons (Fsp3) is 0.389. The van der Waals surface area contributed by atoms with Crippen molar-refractivity contribution in [1.29, 1.82) is 0 Å². The largest absolute Gasteiger partial charge is 0.349 e. The van der Waals surface area contributed by atoms with Gasteiger partial charge < -0.3 is 20.1 Å². The van der Waals surface area contributed by atoms with Gasteiger partial charge in [-0.3, -0.25) is 4.79 Å². The maximum Gasteiger partial charge on any atom is 0.319 e. The Labute approximate surface area is 148 Å². The molecule has 0 unspecified atom stereocenters. The van der Waals surface area contributed by atoms with Crippen molar-refractivity contribution in [2.75, 3.05) is 26.0 Å². The summed E-state index contributed by atoms with van der Waals surface area (Å²) in [5.74, 6) is 0.0633. The average Bonchev–Trinajstić information content (AvgIpc) is 3.13. The molecule has 7 nitrogen and oxygen atoms in total. The lowest BCUT2D eigenvalue weighted by Gasteiger charge is -2.16. The Morgan fingerprint density at radius 1 is 1.28 bits per heavy atom. The third-order valence-corrected chi connectivity index (χ3v) is 3.96. The van der Waals surface area contributed by atoms with E-state index in [2.05, 4.69) is 15.6 Å². The maximum absolute atomic E-state index is 12.2. The minimum Gasteiger partial charge on any atom is -0.349 e. The third kappa shape index (κ3) is 5.63. The summed E-state index contributed by atoms with van der Waals surface area (Å²) in [6.07, 6.45) is 6.29. The molecule has 0 spiro atoms. The summed E-state index contributed by atoms with van der Waals surface area (Å²) in [5.41, 5.74) is 1.66. The highest BCUT2D eigenvalue weighted by Gasteiger charge is 2.11. The lowest BCUT2D eigenvalue weighted by Crippen LogP contribution is -2.33. The molecule has 2 rings (SSSR count). The molecule has 1 aromatic carbocycles. The predicted octanol–water partition coefficient (Wildman–Crippen LogP) is 2.29. The molecular formula is C18H25N5O2. The summed E-state index contributed by atoms with van der Waals surface area (Å²) in [4.78, 5) is 29.5. The highest BCUT2D eigenvalue weighted by Crippen LogP contribution is 2.17. The summed E-state index contributed by atoms with van der Waals surface area (Å²) in [5, 5.41) is 5.72. The molecule has 0 radical (unpaired) electrons. The summed E-state index contributed by atoms with van der Waals surface area (Å²) in [6, 6.07) is 7.38. The summed E-state index contributed by atoms with van der Waals surface area (Å²) in [6.45, 7) is 2.49. The van der Waals surface area contributed by atoms with E-state index in [0.717, 1.165) is 11.3 Å². The molecule has 2 aromatic rings. The monoisotopic (exact) mass is 343 g/mol. The van der Waals surface area contributed by atoms with Gasteiger partial charge in [0.2, 0.25) is 5.91 Å². The number of imidazole rings is 1. The van der Waals surface area contributed by atoms with E-state index >= 15 is 0 Å². The first-order chi connectivity index (χ1) is 12.0. The number of nitrogens with one attached hydrogen (secondary N) is 2. The quantitative estimate of drug-likeness (QED) is 0.809. The Balaban J connectivity index is 1.88. The molecule has 1 atom stereocenters. The van der Waals surface area contributed by atoms with Gasteiger partial charge in [0.1, 0.15) is 0 Å². The summed E-state index contributed by atoms with van der Waals surface area (Å²) in [7, 11) is 3.47. The Bertz CT molecular complexity index is 697. The number of aromatic nitrogens is 2. The molecule has 1 aromatic heterocycles. The van der Waals surface area contributed by atoms with Gasteiger partial charge in [-0.05, 0) is 25.0 Å². The second-order valence-corrected chi connectivity index (χ2v) is 6.14. The van der Waals surface area contributed by atoms with Gasteiger partial charge in [0.05, 0.1) is 6.33 Å². The third-order valence-electron chi connectivity index (χ3n) is 3.96. The van der Waals surface area contributed by atoms with E-state index in [4.69, 9.17) is 0 Å². The standard InChI is InChI=1S/C18H25N5O2/c1-14(23-11-10-19-13-23)12-20-18(25)21-16-7-5-4-6-15(16)8-9-17(24)22(2)3/h4-7,10-11,13-14H,8-9,12H2,1-3H3,(H2,20,21,25)/t14-/m1/s1. The van der Waals surface area contributed by atoms with Crippen LogP contribution in [-0.2, 0) is 11.2 Å². The van der Waals surface area contributed by atoms with Crippen LogP contribution in [0, 0.1) is 0 Å². The van der Waals surface area contributed by atoms with Crippen molar-refractivity contribution in [3.05, 3.63) is 48.5 Å². The van der Waals surface area contributed by atoms with Gasteiger partial charge in [-0.15, -0.1) is 0 Å². The van der Waals surface area contributed by atoms with Gasteiger partial charge in [-0.25, -0.2) is 9.78 Å². The van der Waals surface area contributed by atoms with E-state index in [9.17, 15) is 9.59 Å². The molecule has 0 aliphatic heterocycles. The van der Waals surface area contributed by atoms with Gasteiger partial charge in [-0.2, -0.15) is 0 Å². The van der Waals surface area contributed by atoms with Gasteiger partial charge in [-0.1, -0.05) is 18.2 Å². The van der Waals surface area contributed by atoms with Crippen molar-refractivity contribution >= 4 is 17.6 Å². The van der Waals surface area contributed by atoms with Crippen LogP contribution in [0.3, 0.4) is 0 Å². The van der Waals surface area contributed by atoms with Crippen LogP contribution in [0.5, 0.6) is 0 Å². The summed E-state index contributed by atoms with van der Waals surface area (Å²) < 4.78 is 1.93. The molecule has 3 amide bonds. The number of para-hydroxylation sites is 1. The second kappa shape index (κ2) is 8.86. The minimum absolute atomic E-state index is 0.0633. The van der Waals surface area contributed by atoms with E-state index in [0.29, 0.717) is 19.4 Å². The van der Waals surface area contributed by atoms with E-state index in [1.54, 1.807) is 31.5 Å². The first-order valence-corrected chi connectivity index (χ1v) is 8.27. The first kappa shape index (κ1) is 18.5. The molecule has 1 heterocycles. The van der Waals surface area contributed by atoms with Crippen LogP contribution >= 0.6 is 0 Å². The number of hydrogen-bond acceptors (Lipinski definition) is 3. The zero-order chi connectivity index (χ0) is 18.2. The van der Waals surface area contributed by atoms with Crippen LogP contribution in [0.25, 0.3) is 0 Å². The number of hydrogen-bond donors (Lipinski definition) is 2. The molecule has 25 heavy (non-hydrogen) atoms. The zero-order valence-corrected chi connectivity index (χ0v) is 14.9. The van der Waals surface area contributed by atoms with Gasteiger partial charge in [0.15, 0.2) is 0 Å². The molecule has 134 valence electrons. The average molecular weight is 343 g/mol. The number of urea groups is 1. The van der Waals surface area contributed by atoms with Crippen molar-refractivity contribution in [3.8, 4) is 0 Å². The van der Waals surface area contributed by atoms with E-state index in [-0.39, 0.29) is 18.0 Å². The number of nitrogens with zero attached hydrogens (tertiary/aromatic N) is 3. The summed E-state index contributed by atoms with van der Waals surface area (Å²) >= 11 is 0. The molecule has 0 aliphatic rings. The lowest BCUT2D eigenvalue weighted by atomic mass is 10.1. The molecule has 0 saturated carbocycles. The number of carbonyl (C=O) groups is 2. The number of rotatable bonds is 7. The van der Waals surface area contributed by atoms with E-state index in [1.165, 1.54) is 0 Å². The first-order valence-electron chi connectivity index (χ1n) is 8.27. The van der Waals surface area contributed by atoms with Crippen molar-refractivity contribution in [2.24, 2.45) is 0 Å². The van der Waals surface area contributed by atoms with E-state index < -0.39 is 0 Å². The SMILES string of the molecule is C[C@H](CNC(=O)Nc1ccccc1CCC(=O)N(C)C)n1ccnc1. The van der Waals surface area contributed by atoms with Gasteiger partial charge in [0.25, 0.3) is 0 Å². The predicted molar refractivity (Wildman–Crippen MR) is 97.4 cm³/mol. The van der Waals surface area contributed by atoms with Gasteiger partial charge >= 0.3 is 6.03 Å². The fourth-order valence-corrected chi connectivity index (χ4v) is 2.37. The second-order valence-electron chi connectivity index (χ2n) is 6.14.